The first-order chi connectivity index (χ1) is 8.66. The van der Waals surface area contributed by atoms with Gasteiger partial charge in [-0.1, -0.05) is 0 Å². The number of piperidine rings is 1. The Hall–Kier alpha value is -1.10. The number of nitrogens with zero attached hydrogens (tertiary/aromatic N) is 1. The van der Waals surface area contributed by atoms with Crippen LogP contribution in [0.25, 0.3) is 0 Å². The van der Waals surface area contributed by atoms with Crippen LogP contribution in [0.5, 0.6) is 0 Å². The molecule has 0 spiro atoms. The molecule has 102 valence electrons. The van der Waals surface area contributed by atoms with E-state index < -0.39 is 5.97 Å². The third-order valence-electron chi connectivity index (χ3n) is 3.97. The van der Waals surface area contributed by atoms with E-state index in [0.29, 0.717) is 19.1 Å². The molecule has 0 radical (unpaired) electrons. The number of likely N-dealkylation sites (tertiary alicyclic amines) is 1. The number of carboxylic acids is 1. The predicted octanol–water partition coefficient (Wildman–Crippen LogP) is 1.13. The summed E-state index contributed by atoms with van der Waals surface area (Å²) in [6.07, 6.45) is 3.70. The highest BCUT2D eigenvalue weighted by Gasteiger charge is 2.30. The fraction of sp³-hybridized carbons (Fsp3) is 0.846. The van der Waals surface area contributed by atoms with Gasteiger partial charge in [0.15, 0.2) is 0 Å². The largest absolute Gasteiger partial charge is 0.481 e. The summed E-state index contributed by atoms with van der Waals surface area (Å²) in [7, 11) is 0. The van der Waals surface area contributed by atoms with Crippen molar-refractivity contribution < 1.29 is 19.4 Å². The van der Waals surface area contributed by atoms with Crippen LogP contribution in [0.4, 0.5) is 0 Å². The summed E-state index contributed by atoms with van der Waals surface area (Å²) >= 11 is 0. The second kappa shape index (κ2) is 6.18. The van der Waals surface area contributed by atoms with Crippen LogP contribution in [0.1, 0.15) is 32.1 Å². The van der Waals surface area contributed by atoms with Crippen molar-refractivity contribution in [3.8, 4) is 0 Å². The number of ether oxygens (including phenoxy) is 1. The van der Waals surface area contributed by atoms with Gasteiger partial charge in [-0.15, -0.1) is 0 Å². The monoisotopic (exact) mass is 255 g/mol. The van der Waals surface area contributed by atoms with Crippen molar-refractivity contribution in [2.24, 2.45) is 11.8 Å². The summed E-state index contributed by atoms with van der Waals surface area (Å²) in [6.45, 7) is 2.82. The molecule has 2 saturated heterocycles. The second-order valence-corrected chi connectivity index (χ2v) is 5.26. The fourth-order valence-electron chi connectivity index (χ4n) is 2.76. The molecule has 2 aliphatic heterocycles. The van der Waals surface area contributed by atoms with Gasteiger partial charge in [-0.05, 0) is 31.6 Å². The third-order valence-corrected chi connectivity index (χ3v) is 3.97. The molecule has 0 aromatic heterocycles. The molecular weight excluding hydrogens is 234 g/mol. The van der Waals surface area contributed by atoms with Gasteiger partial charge in [-0.3, -0.25) is 9.59 Å². The van der Waals surface area contributed by atoms with E-state index in [9.17, 15) is 9.59 Å². The first-order valence-electron chi connectivity index (χ1n) is 6.75. The Bertz CT molecular complexity index is 304. The van der Waals surface area contributed by atoms with Crippen molar-refractivity contribution in [2.75, 3.05) is 26.3 Å². The molecule has 2 rings (SSSR count). The summed E-state index contributed by atoms with van der Waals surface area (Å²) in [5.74, 6) is 0.0198. The highest BCUT2D eigenvalue weighted by molar-refractivity contribution is 5.79. The Morgan fingerprint density at radius 2 is 1.94 bits per heavy atom. The lowest BCUT2D eigenvalue weighted by Crippen LogP contribution is -2.42. The van der Waals surface area contributed by atoms with Gasteiger partial charge < -0.3 is 14.7 Å². The average molecular weight is 255 g/mol. The molecule has 2 fully saturated rings. The van der Waals surface area contributed by atoms with Crippen LogP contribution >= 0.6 is 0 Å². The molecule has 0 saturated carbocycles. The number of carbonyl (C=O) groups is 2. The highest BCUT2D eigenvalue weighted by atomic mass is 16.5. The van der Waals surface area contributed by atoms with Crippen LogP contribution in [0.2, 0.25) is 0 Å². The Kier molecular flexibility index (Phi) is 4.58. The van der Waals surface area contributed by atoms with Crippen molar-refractivity contribution >= 4 is 11.9 Å². The van der Waals surface area contributed by atoms with Gasteiger partial charge in [-0.2, -0.15) is 0 Å². The zero-order valence-electron chi connectivity index (χ0n) is 10.6. The lowest BCUT2D eigenvalue weighted by atomic mass is 9.91. The van der Waals surface area contributed by atoms with E-state index in [-0.39, 0.29) is 18.2 Å². The maximum Gasteiger partial charge on any atom is 0.303 e. The quantitative estimate of drug-likeness (QED) is 0.817. The number of aliphatic carboxylic acids is 1. The van der Waals surface area contributed by atoms with Crippen LogP contribution in [0, 0.1) is 11.8 Å². The summed E-state index contributed by atoms with van der Waals surface area (Å²) in [6, 6.07) is 0. The number of rotatable bonds is 4. The van der Waals surface area contributed by atoms with Crippen molar-refractivity contribution in [1.82, 2.24) is 4.90 Å². The van der Waals surface area contributed by atoms with Gasteiger partial charge in [0.05, 0.1) is 12.5 Å². The van der Waals surface area contributed by atoms with Gasteiger partial charge in [0.1, 0.15) is 0 Å². The molecule has 1 atom stereocenters. The van der Waals surface area contributed by atoms with Crippen LogP contribution < -0.4 is 0 Å². The van der Waals surface area contributed by atoms with E-state index in [2.05, 4.69) is 0 Å². The Morgan fingerprint density at radius 1 is 1.22 bits per heavy atom. The lowest BCUT2D eigenvalue weighted by molar-refractivity contribution is -0.139. The zero-order chi connectivity index (χ0) is 13.0. The molecular formula is C13H21NO4. The number of carbonyl (C=O) groups excluding carboxylic acids is 1. The van der Waals surface area contributed by atoms with Gasteiger partial charge in [0.2, 0.25) is 5.91 Å². The molecule has 18 heavy (non-hydrogen) atoms. The third kappa shape index (κ3) is 3.45. The van der Waals surface area contributed by atoms with Gasteiger partial charge >= 0.3 is 5.97 Å². The second-order valence-electron chi connectivity index (χ2n) is 5.26. The van der Waals surface area contributed by atoms with Crippen LogP contribution in [-0.4, -0.2) is 48.2 Å². The topological polar surface area (TPSA) is 66.8 Å². The van der Waals surface area contributed by atoms with Gasteiger partial charge in [-0.25, -0.2) is 0 Å². The molecule has 1 amide bonds. The summed E-state index contributed by atoms with van der Waals surface area (Å²) in [5.41, 5.74) is 0. The minimum Gasteiger partial charge on any atom is -0.481 e. The minimum absolute atomic E-state index is 0.0561. The minimum atomic E-state index is -0.725. The van der Waals surface area contributed by atoms with E-state index in [1.165, 1.54) is 0 Å². The van der Waals surface area contributed by atoms with E-state index in [0.717, 1.165) is 38.8 Å². The highest BCUT2D eigenvalue weighted by Crippen LogP contribution is 2.24. The van der Waals surface area contributed by atoms with Crippen LogP contribution in [0.3, 0.4) is 0 Å². The molecule has 0 bridgehead atoms. The maximum absolute atomic E-state index is 12.1. The zero-order valence-corrected chi connectivity index (χ0v) is 10.6. The van der Waals surface area contributed by atoms with Gasteiger partial charge in [0.25, 0.3) is 0 Å². The maximum atomic E-state index is 12.1. The van der Waals surface area contributed by atoms with Crippen molar-refractivity contribution in [1.29, 1.82) is 0 Å². The number of hydrogen-bond donors (Lipinski definition) is 1. The predicted molar refractivity (Wildman–Crippen MR) is 65.1 cm³/mol. The van der Waals surface area contributed by atoms with Crippen molar-refractivity contribution in [2.45, 2.75) is 32.1 Å². The Labute approximate surface area is 107 Å². The van der Waals surface area contributed by atoms with Crippen molar-refractivity contribution in [3.05, 3.63) is 0 Å². The summed E-state index contributed by atoms with van der Waals surface area (Å²) < 4.78 is 5.24. The molecule has 5 nitrogen and oxygen atoms in total. The standard InChI is InChI=1S/C13H21NO4/c15-12(16)2-1-10-3-6-14(7-4-10)13(17)11-5-8-18-9-11/h10-11H,1-9H2,(H,15,16). The molecule has 5 heteroatoms. The molecule has 0 aromatic rings. The SMILES string of the molecule is O=C(O)CCC1CCN(C(=O)C2CCOC2)CC1. The van der Waals surface area contributed by atoms with E-state index >= 15 is 0 Å². The van der Waals surface area contributed by atoms with Crippen LogP contribution in [0.15, 0.2) is 0 Å². The summed E-state index contributed by atoms with van der Waals surface area (Å²) in [5, 5.41) is 8.65. The number of carboxylic acid groups (broad SMARTS) is 1. The average Bonchev–Trinajstić information content (AvgIpc) is 2.90. The molecule has 2 heterocycles. The van der Waals surface area contributed by atoms with Crippen LogP contribution in [-0.2, 0) is 14.3 Å². The molecule has 0 aliphatic carbocycles. The van der Waals surface area contributed by atoms with Gasteiger partial charge in [0, 0.05) is 26.1 Å². The number of amides is 1. The lowest BCUT2D eigenvalue weighted by Gasteiger charge is -2.33. The first-order valence-corrected chi connectivity index (χ1v) is 6.75. The molecule has 0 aromatic carbocycles. The fourth-order valence-corrected chi connectivity index (χ4v) is 2.76. The summed E-state index contributed by atoms with van der Waals surface area (Å²) in [4.78, 5) is 24.6. The molecule has 1 unspecified atom stereocenters. The normalized spacial score (nSPS) is 25.3. The first kappa shape index (κ1) is 13.3. The molecule has 1 N–H and O–H groups in total. The van der Waals surface area contributed by atoms with E-state index in [1.54, 1.807) is 0 Å². The Balaban J connectivity index is 1.72. The molecule has 2 aliphatic rings. The Morgan fingerprint density at radius 3 is 2.50 bits per heavy atom. The smallest absolute Gasteiger partial charge is 0.303 e. The van der Waals surface area contributed by atoms with E-state index in [4.69, 9.17) is 9.84 Å². The number of hydrogen-bond acceptors (Lipinski definition) is 3. The van der Waals surface area contributed by atoms with Crippen molar-refractivity contribution in [3.63, 3.8) is 0 Å². The van der Waals surface area contributed by atoms with E-state index in [1.807, 2.05) is 4.90 Å².